The molecule has 3 aromatic rings. The van der Waals surface area contributed by atoms with Crippen molar-refractivity contribution in [3.8, 4) is 5.75 Å². The molecular weight excluding hydrogens is 585 g/mol. The molecule has 3 rings (SSSR count). The monoisotopic (exact) mass is 619 g/mol. The first-order valence-electron chi connectivity index (χ1n) is 13.1. The number of sulfonamides is 1. The number of hydrogen-bond donors (Lipinski definition) is 1. The molecule has 0 radical (unpaired) electrons. The van der Waals surface area contributed by atoms with Crippen molar-refractivity contribution >= 4 is 50.7 Å². The van der Waals surface area contributed by atoms with E-state index in [4.69, 9.17) is 27.9 Å². The Morgan fingerprint density at radius 1 is 0.927 bits per heavy atom. The Balaban J connectivity index is 2.08. The van der Waals surface area contributed by atoms with Gasteiger partial charge in [-0.05, 0) is 47.4 Å². The van der Waals surface area contributed by atoms with Crippen molar-refractivity contribution in [2.45, 2.75) is 32.9 Å². The number of amides is 2. The van der Waals surface area contributed by atoms with Crippen LogP contribution in [0.25, 0.3) is 0 Å². The van der Waals surface area contributed by atoms with Gasteiger partial charge in [0.1, 0.15) is 18.3 Å². The lowest BCUT2D eigenvalue weighted by Gasteiger charge is -2.34. The van der Waals surface area contributed by atoms with Gasteiger partial charge in [0.2, 0.25) is 21.8 Å². The minimum atomic E-state index is -3.97. The molecule has 220 valence electrons. The van der Waals surface area contributed by atoms with E-state index in [-0.39, 0.29) is 41.3 Å². The summed E-state index contributed by atoms with van der Waals surface area (Å²) in [5, 5.41) is 3.75. The Kier molecular flexibility index (Phi) is 11.5. The van der Waals surface area contributed by atoms with E-state index < -0.39 is 28.5 Å². The number of nitrogens with zero attached hydrogens (tertiary/aromatic N) is 2. The van der Waals surface area contributed by atoms with Gasteiger partial charge in [-0.2, -0.15) is 0 Å². The molecule has 3 aromatic carbocycles. The van der Waals surface area contributed by atoms with Gasteiger partial charge in [-0.15, -0.1) is 0 Å². The SMILES string of the molecule is COc1ccc(Cl)cc1N(CC(=O)N(Cc1ccc(Cl)cc1)[C@@H](Cc1ccccc1)C(=O)NCC(C)C)S(C)(=O)=O. The summed E-state index contributed by atoms with van der Waals surface area (Å²) in [6, 6.07) is 19.9. The molecule has 1 N–H and O–H groups in total. The normalized spacial score (nSPS) is 12.1. The third-order valence-corrected chi connectivity index (χ3v) is 7.92. The van der Waals surface area contributed by atoms with Gasteiger partial charge >= 0.3 is 0 Å². The molecule has 41 heavy (non-hydrogen) atoms. The predicted octanol–water partition coefficient (Wildman–Crippen LogP) is 5.18. The summed E-state index contributed by atoms with van der Waals surface area (Å²) >= 11 is 12.3. The van der Waals surface area contributed by atoms with Crippen LogP contribution in [0.1, 0.15) is 25.0 Å². The molecule has 0 unspecified atom stereocenters. The fourth-order valence-electron chi connectivity index (χ4n) is 4.22. The summed E-state index contributed by atoms with van der Waals surface area (Å²) in [5.74, 6) is -0.496. The van der Waals surface area contributed by atoms with Crippen LogP contribution < -0.4 is 14.4 Å². The van der Waals surface area contributed by atoms with E-state index in [0.717, 1.165) is 21.7 Å². The number of benzene rings is 3. The van der Waals surface area contributed by atoms with E-state index in [0.29, 0.717) is 11.6 Å². The van der Waals surface area contributed by atoms with Gasteiger partial charge in [-0.25, -0.2) is 8.42 Å². The van der Waals surface area contributed by atoms with Crippen molar-refractivity contribution in [3.05, 3.63) is 94.0 Å². The molecule has 0 saturated carbocycles. The number of carbonyl (C=O) groups excluding carboxylic acids is 2. The van der Waals surface area contributed by atoms with E-state index in [9.17, 15) is 18.0 Å². The van der Waals surface area contributed by atoms with Crippen molar-refractivity contribution in [1.82, 2.24) is 10.2 Å². The van der Waals surface area contributed by atoms with Crippen LogP contribution in [-0.4, -0.2) is 57.6 Å². The lowest BCUT2D eigenvalue weighted by atomic mass is 10.0. The van der Waals surface area contributed by atoms with E-state index >= 15 is 0 Å². The number of methoxy groups -OCH3 is 1. The highest BCUT2D eigenvalue weighted by atomic mass is 35.5. The Labute approximate surface area is 252 Å². The maximum atomic E-state index is 14.1. The Hall–Kier alpha value is -3.27. The first-order valence-corrected chi connectivity index (χ1v) is 15.7. The van der Waals surface area contributed by atoms with Gasteiger partial charge in [0.15, 0.2) is 0 Å². The van der Waals surface area contributed by atoms with Gasteiger partial charge in [-0.3, -0.25) is 13.9 Å². The van der Waals surface area contributed by atoms with E-state index in [1.54, 1.807) is 30.3 Å². The highest BCUT2D eigenvalue weighted by Crippen LogP contribution is 2.33. The molecule has 0 heterocycles. The lowest BCUT2D eigenvalue weighted by Crippen LogP contribution is -2.53. The number of hydrogen-bond acceptors (Lipinski definition) is 5. The average molecular weight is 621 g/mol. The van der Waals surface area contributed by atoms with Crippen LogP contribution in [0.4, 0.5) is 5.69 Å². The molecule has 0 aromatic heterocycles. The molecule has 0 aliphatic rings. The summed E-state index contributed by atoms with van der Waals surface area (Å²) in [5.41, 5.74) is 1.69. The summed E-state index contributed by atoms with van der Waals surface area (Å²) in [7, 11) is -2.57. The maximum absolute atomic E-state index is 14.1. The molecule has 2 amide bonds. The van der Waals surface area contributed by atoms with Crippen LogP contribution in [0.2, 0.25) is 10.0 Å². The standard InChI is InChI=1S/C30H35Cl2N3O5S/c1-21(2)18-33-30(37)27(16-22-8-6-5-7-9-22)34(19-23-10-12-24(31)13-11-23)29(36)20-35(41(4,38)39)26-17-25(32)14-15-28(26)40-3/h5-15,17,21,27H,16,18-20H2,1-4H3,(H,33,37)/t27-/m0/s1. The van der Waals surface area contributed by atoms with E-state index in [2.05, 4.69) is 5.32 Å². The minimum Gasteiger partial charge on any atom is -0.495 e. The van der Waals surface area contributed by atoms with Crippen molar-refractivity contribution in [1.29, 1.82) is 0 Å². The number of anilines is 1. The second-order valence-electron chi connectivity index (χ2n) is 10.1. The number of ether oxygens (including phenoxy) is 1. The molecule has 0 aliphatic carbocycles. The molecule has 8 nitrogen and oxygen atoms in total. The largest absolute Gasteiger partial charge is 0.495 e. The lowest BCUT2D eigenvalue weighted by molar-refractivity contribution is -0.140. The van der Waals surface area contributed by atoms with Crippen LogP contribution in [0.5, 0.6) is 5.75 Å². The molecule has 0 saturated heterocycles. The first-order chi connectivity index (χ1) is 19.4. The van der Waals surface area contributed by atoms with Crippen molar-refractivity contribution < 1.29 is 22.7 Å². The molecule has 11 heteroatoms. The van der Waals surface area contributed by atoms with Gasteiger partial charge in [-0.1, -0.05) is 79.5 Å². The molecule has 0 fully saturated rings. The summed E-state index contributed by atoms with van der Waals surface area (Å²) in [6.45, 7) is 3.85. The third-order valence-electron chi connectivity index (χ3n) is 6.31. The highest BCUT2D eigenvalue weighted by molar-refractivity contribution is 7.92. The molecule has 0 aliphatic heterocycles. The minimum absolute atomic E-state index is 0.0485. The fourth-order valence-corrected chi connectivity index (χ4v) is 5.35. The zero-order chi connectivity index (χ0) is 30.2. The van der Waals surface area contributed by atoms with Crippen molar-refractivity contribution in [3.63, 3.8) is 0 Å². The van der Waals surface area contributed by atoms with Crippen LogP contribution in [0, 0.1) is 5.92 Å². The second kappa shape index (κ2) is 14.6. The van der Waals surface area contributed by atoms with Crippen molar-refractivity contribution in [2.75, 3.05) is 30.8 Å². The number of carbonyl (C=O) groups is 2. The quantitative estimate of drug-likeness (QED) is 0.284. The van der Waals surface area contributed by atoms with Gasteiger partial charge in [0.05, 0.1) is 19.1 Å². The molecule has 1 atom stereocenters. The predicted molar refractivity (Wildman–Crippen MR) is 164 cm³/mol. The van der Waals surface area contributed by atoms with Crippen LogP contribution in [0.15, 0.2) is 72.8 Å². The second-order valence-corrected chi connectivity index (χ2v) is 12.9. The summed E-state index contributed by atoms with van der Waals surface area (Å²) in [6.07, 6.45) is 1.23. The molecule has 0 bridgehead atoms. The highest BCUT2D eigenvalue weighted by Gasteiger charge is 2.33. The zero-order valence-electron chi connectivity index (χ0n) is 23.5. The van der Waals surface area contributed by atoms with Gasteiger partial charge < -0.3 is 15.0 Å². The number of rotatable bonds is 13. The molecular formula is C30H35Cl2N3O5S. The van der Waals surface area contributed by atoms with Gasteiger partial charge in [0, 0.05) is 29.6 Å². The zero-order valence-corrected chi connectivity index (χ0v) is 25.8. The van der Waals surface area contributed by atoms with Crippen molar-refractivity contribution in [2.24, 2.45) is 5.92 Å². The topological polar surface area (TPSA) is 96.0 Å². The van der Waals surface area contributed by atoms with E-state index in [1.807, 2.05) is 44.2 Å². The molecule has 0 spiro atoms. The van der Waals surface area contributed by atoms with E-state index in [1.165, 1.54) is 24.1 Å². The summed E-state index contributed by atoms with van der Waals surface area (Å²) < 4.78 is 32.3. The third kappa shape index (κ3) is 9.38. The first kappa shape index (κ1) is 32.2. The average Bonchev–Trinajstić information content (AvgIpc) is 2.93. The van der Waals surface area contributed by atoms with Crippen LogP contribution in [-0.2, 0) is 32.6 Å². The van der Waals surface area contributed by atoms with Crippen LogP contribution in [0.3, 0.4) is 0 Å². The Morgan fingerprint density at radius 3 is 2.15 bits per heavy atom. The number of halogens is 2. The smallest absolute Gasteiger partial charge is 0.244 e. The Morgan fingerprint density at radius 2 is 1.56 bits per heavy atom. The number of nitrogens with one attached hydrogen (secondary N) is 1. The maximum Gasteiger partial charge on any atom is 0.244 e. The Bertz CT molecular complexity index is 1430. The van der Waals surface area contributed by atoms with Gasteiger partial charge in [0.25, 0.3) is 0 Å². The summed E-state index contributed by atoms with van der Waals surface area (Å²) in [4.78, 5) is 29.2. The fraction of sp³-hybridized carbons (Fsp3) is 0.333. The van der Waals surface area contributed by atoms with Crippen LogP contribution >= 0.6 is 23.2 Å².